The van der Waals surface area contributed by atoms with E-state index in [9.17, 15) is 9.90 Å². The van der Waals surface area contributed by atoms with Crippen LogP contribution in [-0.2, 0) is 6.54 Å². The Balaban J connectivity index is 2.01. The Morgan fingerprint density at radius 1 is 1.37 bits per heavy atom. The Kier molecular flexibility index (Phi) is 3.97. The van der Waals surface area contributed by atoms with E-state index in [0.29, 0.717) is 18.0 Å². The van der Waals surface area contributed by atoms with Crippen LogP contribution in [0.15, 0.2) is 42.6 Å². The number of phenolic OH excluding ortho intramolecular Hbond substituents is 1. The molecule has 2 N–H and O–H groups in total. The fraction of sp³-hybridized carbons (Fsp3) is 0.143. The topological polar surface area (TPSA) is 71.5 Å². The predicted octanol–water partition coefficient (Wildman–Crippen LogP) is 1.73. The summed E-state index contributed by atoms with van der Waals surface area (Å²) < 4.78 is 5.00. The molecule has 0 spiro atoms. The first-order valence-electron chi connectivity index (χ1n) is 5.76. The fourth-order valence-corrected chi connectivity index (χ4v) is 1.60. The fourth-order valence-electron chi connectivity index (χ4n) is 1.60. The molecule has 0 bridgehead atoms. The maximum absolute atomic E-state index is 11.8. The van der Waals surface area contributed by atoms with Gasteiger partial charge < -0.3 is 15.2 Å². The van der Waals surface area contributed by atoms with Gasteiger partial charge >= 0.3 is 0 Å². The molecule has 2 aromatic rings. The summed E-state index contributed by atoms with van der Waals surface area (Å²) in [4.78, 5) is 15.7. The number of ether oxygens (including phenoxy) is 1. The van der Waals surface area contributed by atoms with Crippen LogP contribution in [-0.4, -0.2) is 23.1 Å². The maximum Gasteiger partial charge on any atom is 0.270 e. The highest BCUT2D eigenvalue weighted by Gasteiger charge is 2.07. The molecule has 0 saturated heterocycles. The molecule has 0 aliphatic rings. The Hall–Kier alpha value is -2.56. The Morgan fingerprint density at radius 3 is 2.89 bits per heavy atom. The second-order valence-electron chi connectivity index (χ2n) is 3.90. The summed E-state index contributed by atoms with van der Waals surface area (Å²) in [6, 6.07) is 10.1. The van der Waals surface area contributed by atoms with Crippen LogP contribution in [0.3, 0.4) is 0 Å². The van der Waals surface area contributed by atoms with Gasteiger partial charge in [-0.25, -0.2) is 0 Å². The molecule has 0 aliphatic heterocycles. The molecule has 5 nitrogen and oxygen atoms in total. The lowest BCUT2D eigenvalue weighted by molar-refractivity contribution is 0.0946. The van der Waals surface area contributed by atoms with Crippen molar-refractivity contribution in [1.82, 2.24) is 10.3 Å². The molecule has 0 saturated carbocycles. The Labute approximate surface area is 110 Å². The molecule has 0 atom stereocenters. The average molecular weight is 258 g/mol. The normalized spacial score (nSPS) is 9.95. The lowest BCUT2D eigenvalue weighted by Gasteiger charge is -2.08. The van der Waals surface area contributed by atoms with Gasteiger partial charge in [0.15, 0.2) is 11.5 Å². The summed E-state index contributed by atoms with van der Waals surface area (Å²) in [6.45, 7) is 0.339. The van der Waals surface area contributed by atoms with E-state index in [1.165, 1.54) is 13.2 Å². The van der Waals surface area contributed by atoms with Crippen molar-refractivity contribution in [2.45, 2.75) is 6.54 Å². The second kappa shape index (κ2) is 5.86. The number of aromatic nitrogens is 1. The Bertz CT molecular complexity index is 570. The molecule has 1 aromatic carbocycles. The number of hydrogen-bond acceptors (Lipinski definition) is 4. The van der Waals surface area contributed by atoms with E-state index in [2.05, 4.69) is 10.3 Å². The van der Waals surface area contributed by atoms with Crippen molar-refractivity contribution < 1.29 is 14.6 Å². The number of nitrogens with zero attached hydrogens (tertiary/aromatic N) is 1. The summed E-state index contributed by atoms with van der Waals surface area (Å²) in [6.07, 6.45) is 1.57. The van der Waals surface area contributed by atoms with Gasteiger partial charge in [-0.2, -0.15) is 0 Å². The summed E-state index contributed by atoms with van der Waals surface area (Å²) in [5, 5.41) is 12.2. The number of phenols is 1. The highest BCUT2D eigenvalue weighted by Crippen LogP contribution is 2.26. The minimum absolute atomic E-state index is 0.0716. The van der Waals surface area contributed by atoms with Gasteiger partial charge in [-0.1, -0.05) is 12.1 Å². The van der Waals surface area contributed by atoms with Crippen LogP contribution < -0.4 is 10.1 Å². The number of carbonyl (C=O) groups excluding carboxylic acids is 1. The van der Waals surface area contributed by atoms with Crippen LogP contribution in [0, 0.1) is 0 Å². The maximum atomic E-state index is 11.8. The van der Waals surface area contributed by atoms with Crippen molar-refractivity contribution in [3.63, 3.8) is 0 Å². The number of pyridine rings is 1. The number of benzene rings is 1. The first-order chi connectivity index (χ1) is 9.20. The molecule has 0 unspecified atom stereocenters. The lowest BCUT2D eigenvalue weighted by Crippen LogP contribution is -2.23. The molecule has 0 fully saturated rings. The monoisotopic (exact) mass is 258 g/mol. The van der Waals surface area contributed by atoms with E-state index in [0.717, 1.165) is 5.56 Å². The highest BCUT2D eigenvalue weighted by molar-refractivity contribution is 5.92. The van der Waals surface area contributed by atoms with Gasteiger partial charge in [-0.05, 0) is 29.8 Å². The van der Waals surface area contributed by atoms with Crippen LogP contribution in [0.1, 0.15) is 16.1 Å². The van der Waals surface area contributed by atoms with Crippen molar-refractivity contribution in [2.75, 3.05) is 7.11 Å². The number of hydrogen-bond donors (Lipinski definition) is 2. The molecular formula is C14H14N2O3. The first kappa shape index (κ1) is 12.9. The van der Waals surface area contributed by atoms with Crippen LogP contribution in [0.2, 0.25) is 0 Å². The van der Waals surface area contributed by atoms with E-state index >= 15 is 0 Å². The highest BCUT2D eigenvalue weighted by atomic mass is 16.5. The molecule has 1 heterocycles. The van der Waals surface area contributed by atoms with E-state index in [4.69, 9.17) is 4.74 Å². The number of carbonyl (C=O) groups is 1. The van der Waals surface area contributed by atoms with Gasteiger partial charge in [0.2, 0.25) is 0 Å². The molecule has 1 amide bonds. The van der Waals surface area contributed by atoms with E-state index in [1.54, 1.807) is 36.5 Å². The smallest absolute Gasteiger partial charge is 0.270 e. The molecule has 0 aliphatic carbocycles. The van der Waals surface area contributed by atoms with Gasteiger partial charge in [0.05, 0.1) is 7.11 Å². The van der Waals surface area contributed by atoms with Crippen molar-refractivity contribution >= 4 is 5.91 Å². The lowest BCUT2D eigenvalue weighted by atomic mass is 10.2. The third kappa shape index (κ3) is 3.22. The Morgan fingerprint density at radius 2 is 2.21 bits per heavy atom. The van der Waals surface area contributed by atoms with Crippen molar-refractivity contribution in [2.24, 2.45) is 0 Å². The third-order valence-electron chi connectivity index (χ3n) is 2.59. The summed E-state index contributed by atoms with van der Waals surface area (Å²) in [5.41, 5.74) is 1.20. The second-order valence-corrected chi connectivity index (χ2v) is 3.90. The summed E-state index contributed by atoms with van der Waals surface area (Å²) >= 11 is 0. The van der Waals surface area contributed by atoms with Gasteiger partial charge in [0.25, 0.3) is 5.91 Å². The van der Waals surface area contributed by atoms with Crippen LogP contribution in [0.25, 0.3) is 0 Å². The zero-order valence-electron chi connectivity index (χ0n) is 10.5. The standard InChI is InChI=1S/C14H14N2O3/c1-19-13-8-10(5-6-12(13)17)9-16-14(18)11-4-2-3-7-15-11/h2-8,17H,9H2,1H3,(H,16,18). The number of nitrogens with one attached hydrogen (secondary N) is 1. The number of aromatic hydroxyl groups is 1. The van der Waals surface area contributed by atoms with Crippen molar-refractivity contribution in [1.29, 1.82) is 0 Å². The number of methoxy groups -OCH3 is 1. The minimum Gasteiger partial charge on any atom is -0.504 e. The summed E-state index contributed by atoms with van der Waals surface area (Å²) in [7, 11) is 1.48. The van der Waals surface area contributed by atoms with Crippen molar-refractivity contribution in [3.05, 3.63) is 53.9 Å². The molecule has 98 valence electrons. The van der Waals surface area contributed by atoms with Crippen LogP contribution in [0.5, 0.6) is 11.5 Å². The molecular weight excluding hydrogens is 244 g/mol. The predicted molar refractivity (Wildman–Crippen MR) is 70.1 cm³/mol. The zero-order chi connectivity index (χ0) is 13.7. The average Bonchev–Trinajstić information content (AvgIpc) is 2.47. The first-order valence-corrected chi connectivity index (χ1v) is 5.76. The number of amides is 1. The summed E-state index contributed by atoms with van der Waals surface area (Å²) in [5.74, 6) is 0.208. The van der Waals surface area contributed by atoms with Crippen molar-refractivity contribution in [3.8, 4) is 11.5 Å². The van der Waals surface area contributed by atoms with Crippen LogP contribution >= 0.6 is 0 Å². The largest absolute Gasteiger partial charge is 0.504 e. The quantitative estimate of drug-likeness (QED) is 0.876. The van der Waals surface area contributed by atoms with Gasteiger partial charge in [-0.3, -0.25) is 9.78 Å². The zero-order valence-corrected chi connectivity index (χ0v) is 10.5. The van der Waals surface area contributed by atoms with Gasteiger partial charge in [-0.15, -0.1) is 0 Å². The molecule has 19 heavy (non-hydrogen) atoms. The SMILES string of the molecule is COc1cc(CNC(=O)c2ccccn2)ccc1O. The van der Waals surface area contributed by atoms with Gasteiger partial charge in [0.1, 0.15) is 5.69 Å². The minimum atomic E-state index is -0.243. The van der Waals surface area contributed by atoms with E-state index in [1.807, 2.05) is 0 Å². The molecule has 0 radical (unpaired) electrons. The molecule has 2 rings (SSSR count). The molecule has 1 aromatic heterocycles. The van der Waals surface area contributed by atoms with Gasteiger partial charge in [0, 0.05) is 12.7 Å². The third-order valence-corrected chi connectivity index (χ3v) is 2.59. The van der Waals surface area contributed by atoms with Crippen LogP contribution in [0.4, 0.5) is 0 Å². The van der Waals surface area contributed by atoms with E-state index in [-0.39, 0.29) is 11.7 Å². The number of rotatable bonds is 4. The molecule has 5 heteroatoms. The van der Waals surface area contributed by atoms with E-state index < -0.39 is 0 Å².